The van der Waals surface area contributed by atoms with E-state index >= 15 is 0 Å². The predicted molar refractivity (Wildman–Crippen MR) is 85.5 cm³/mol. The van der Waals surface area contributed by atoms with Crippen molar-refractivity contribution in [1.29, 1.82) is 0 Å². The highest BCUT2D eigenvalue weighted by atomic mass is 32.2. The van der Waals surface area contributed by atoms with Crippen molar-refractivity contribution in [2.24, 2.45) is 0 Å². The topological polar surface area (TPSA) is 46.2 Å². The average Bonchev–Trinajstić information content (AvgIpc) is 2.40. The number of nitrogens with one attached hydrogen (secondary N) is 1. The SMILES string of the molecule is CCCCCCCC(=O)Nc1c(C)cccc1S(C)=O. The summed E-state index contributed by atoms with van der Waals surface area (Å²) in [5.41, 5.74) is 1.67. The maximum absolute atomic E-state index is 12.0. The molecule has 1 amide bonds. The van der Waals surface area contributed by atoms with Gasteiger partial charge in [-0.15, -0.1) is 0 Å². The van der Waals surface area contributed by atoms with Crippen LogP contribution in [-0.2, 0) is 15.6 Å². The van der Waals surface area contributed by atoms with Crippen LogP contribution < -0.4 is 5.32 Å². The Morgan fingerprint density at radius 2 is 1.90 bits per heavy atom. The fourth-order valence-electron chi connectivity index (χ4n) is 2.13. The number of amides is 1. The van der Waals surface area contributed by atoms with E-state index < -0.39 is 10.8 Å². The van der Waals surface area contributed by atoms with E-state index in [0.29, 0.717) is 17.0 Å². The lowest BCUT2D eigenvalue weighted by atomic mass is 10.1. The van der Waals surface area contributed by atoms with Crippen molar-refractivity contribution >= 4 is 22.4 Å². The molecule has 1 aromatic rings. The smallest absolute Gasteiger partial charge is 0.224 e. The van der Waals surface area contributed by atoms with Gasteiger partial charge in [0.15, 0.2) is 0 Å². The Bertz CT molecular complexity index is 472. The van der Waals surface area contributed by atoms with Crippen LogP contribution >= 0.6 is 0 Å². The van der Waals surface area contributed by atoms with Crippen LogP contribution in [0.4, 0.5) is 5.69 Å². The number of carbonyl (C=O) groups excluding carboxylic acids is 1. The first-order valence-corrected chi connectivity index (χ1v) is 8.85. The zero-order valence-corrected chi connectivity index (χ0v) is 13.5. The van der Waals surface area contributed by atoms with Crippen LogP contribution in [-0.4, -0.2) is 16.4 Å². The van der Waals surface area contributed by atoms with Gasteiger partial charge in [-0.1, -0.05) is 44.7 Å². The largest absolute Gasteiger partial charge is 0.325 e. The molecule has 0 spiro atoms. The molecule has 0 aliphatic carbocycles. The summed E-state index contributed by atoms with van der Waals surface area (Å²) in [4.78, 5) is 12.7. The number of para-hydroxylation sites is 1. The molecule has 1 N–H and O–H groups in total. The van der Waals surface area contributed by atoms with Crippen LogP contribution in [0.3, 0.4) is 0 Å². The Labute approximate surface area is 124 Å². The van der Waals surface area contributed by atoms with E-state index in [-0.39, 0.29) is 5.91 Å². The molecule has 0 saturated carbocycles. The van der Waals surface area contributed by atoms with Crippen molar-refractivity contribution < 1.29 is 9.00 Å². The molecule has 0 bridgehead atoms. The lowest BCUT2D eigenvalue weighted by Gasteiger charge is -2.12. The molecule has 0 heterocycles. The van der Waals surface area contributed by atoms with Gasteiger partial charge in [-0.3, -0.25) is 9.00 Å². The number of anilines is 1. The molecule has 0 fully saturated rings. The van der Waals surface area contributed by atoms with Gasteiger partial charge in [0.2, 0.25) is 5.91 Å². The van der Waals surface area contributed by atoms with Crippen molar-refractivity contribution in [2.45, 2.75) is 57.3 Å². The normalized spacial score (nSPS) is 12.2. The van der Waals surface area contributed by atoms with Crippen LogP contribution in [0.5, 0.6) is 0 Å². The quantitative estimate of drug-likeness (QED) is 0.736. The lowest BCUT2D eigenvalue weighted by molar-refractivity contribution is -0.116. The molecular weight excluding hydrogens is 270 g/mol. The maximum Gasteiger partial charge on any atom is 0.224 e. The molecule has 1 unspecified atom stereocenters. The monoisotopic (exact) mass is 295 g/mol. The molecule has 4 heteroatoms. The highest BCUT2D eigenvalue weighted by Crippen LogP contribution is 2.23. The third kappa shape index (κ3) is 5.45. The summed E-state index contributed by atoms with van der Waals surface area (Å²) in [5, 5.41) is 2.92. The number of carbonyl (C=O) groups is 1. The van der Waals surface area contributed by atoms with Crippen LogP contribution in [0, 0.1) is 6.92 Å². The molecule has 1 aromatic carbocycles. The van der Waals surface area contributed by atoms with Crippen molar-refractivity contribution in [1.82, 2.24) is 0 Å². The highest BCUT2D eigenvalue weighted by molar-refractivity contribution is 7.84. The van der Waals surface area contributed by atoms with Gasteiger partial charge in [-0.05, 0) is 25.0 Å². The summed E-state index contributed by atoms with van der Waals surface area (Å²) in [6.07, 6.45) is 7.82. The van der Waals surface area contributed by atoms with E-state index in [1.807, 2.05) is 19.1 Å². The van der Waals surface area contributed by atoms with Crippen LogP contribution in [0.1, 0.15) is 51.0 Å². The summed E-state index contributed by atoms with van der Waals surface area (Å²) in [6.45, 7) is 4.10. The highest BCUT2D eigenvalue weighted by Gasteiger charge is 2.11. The second-order valence-electron chi connectivity index (χ2n) is 5.11. The van der Waals surface area contributed by atoms with Crippen molar-refractivity contribution in [3.8, 4) is 0 Å². The Morgan fingerprint density at radius 3 is 2.55 bits per heavy atom. The summed E-state index contributed by atoms with van der Waals surface area (Å²) < 4.78 is 11.7. The van der Waals surface area contributed by atoms with Crippen LogP contribution in [0.2, 0.25) is 0 Å². The lowest BCUT2D eigenvalue weighted by Crippen LogP contribution is -2.14. The molecule has 20 heavy (non-hydrogen) atoms. The zero-order valence-electron chi connectivity index (χ0n) is 12.7. The average molecular weight is 295 g/mol. The minimum atomic E-state index is -1.09. The molecule has 3 nitrogen and oxygen atoms in total. The Kier molecular flexibility index (Phi) is 7.52. The molecule has 0 aromatic heterocycles. The van der Waals surface area contributed by atoms with Crippen molar-refractivity contribution in [3.05, 3.63) is 23.8 Å². The standard InChI is InChI=1S/C16H25NO2S/c1-4-5-6-7-8-12-15(18)17-16-13(2)10-9-11-14(16)20(3)19/h9-11H,4-8,12H2,1-3H3,(H,17,18). The third-order valence-corrected chi connectivity index (χ3v) is 4.28. The van der Waals surface area contributed by atoms with Gasteiger partial charge in [0.25, 0.3) is 0 Å². The molecule has 0 radical (unpaired) electrons. The summed E-state index contributed by atoms with van der Waals surface area (Å²) >= 11 is 0. The molecule has 112 valence electrons. The fraction of sp³-hybridized carbons (Fsp3) is 0.562. The van der Waals surface area contributed by atoms with Gasteiger partial charge in [-0.2, -0.15) is 0 Å². The van der Waals surface area contributed by atoms with Gasteiger partial charge in [0.1, 0.15) is 0 Å². The van der Waals surface area contributed by atoms with E-state index in [4.69, 9.17) is 0 Å². The number of hydrogen-bond acceptors (Lipinski definition) is 2. The van der Waals surface area contributed by atoms with Crippen molar-refractivity contribution in [2.75, 3.05) is 11.6 Å². The number of hydrogen-bond donors (Lipinski definition) is 1. The van der Waals surface area contributed by atoms with E-state index in [9.17, 15) is 9.00 Å². The number of rotatable bonds is 8. The van der Waals surface area contributed by atoms with Crippen LogP contribution in [0.15, 0.2) is 23.1 Å². The zero-order chi connectivity index (χ0) is 15.0. The van der Waals surface area contributed by atoms with E-state index in [0.717, 1.165) is 18.4 Å². The van der Waals surface area contributed by atoms with E-state index in [1.54, 1.807) is 12.3 Å². The predicted octanol–water partition coefficient (Wildman–Crippen LogP) is 4.03. The molecule has 1 rings (SSSR count). The van der Waals surface area contributed by atoms with Gasteiger partial charge in [-0.25, -0.2) is 0 Å². The maximum atomic E-state index is 12.0. The van der Waals surface area contributed by atoms with Gasteiger partial charge in [0.05, 0.1) is 21.4 Å². The molecule has 0 aliphatic heterocycles. The Balaban J connectivity index is 2.55. The molecule has 0 aliphatic rings. The Morgan fingerprint density at radius 1 is 1.20 bits per heavy atom. The number of aryl methyl sites for hydroxylation is 1. The summed E-state index contributed by atoms with van der Waals surface area (Å²) in [7, 11) is -1.09. The third-order valence-electron chi connectivity index (χ3n) is 3.32. The van der Waals surface area contributed by atoms with Crippen LogP contribution in [0.25, 0.3) is 0 Å². The van der Waals surface area contributed by atoms with Crippen molar-refractivity contribution in [3.63, 3.8) is 0 Å². The Hall–Kier alpha value is -1.16. The first-order chi connectivity index (χ1) is 9.56. The molecule has 1 atom stereocenters. The number of unbranched alkanes of at least 4 members (excludes halogenated alkanes) is 4. The molecule has 0 saturated heterocycles. The second-order valence-corrected chi connectivity index (χ2v) is 6.46. The first-order valence-electron chi connectivity index (χ1n) is 7.29. The first kappa shape index (κ1) is 16.9. The number of benzene rings is 1. The minimum Gasteiger partial charge on any atom is -0.325 e. The minimum absolute atomic E-state index is 0.0162. The van der Waals surface area contributed by atoms with E-state index in [1.165, 1.54) is 19.3 Å². The van der Waals surface area contributed by atoms with Gasteiger partial charge < -0.3 is 5.32 Å². The van der Waals surface area contributed by atoms with Gasteiger partial charge >= 0.3 is 0 Å². The second kappa shape index (κ2) is 8.90. The van der Waals surface area contributed by atoms with Gasteiger partial charge in [0, 0.05) is 12.7 Å². The van der Waals surface area contributed by atoms with E-state index in [2.05, 4.69) is 12.2 Å². The fourth-order valence-corrected chi connectivity index (χ4v) is 2.90. The summed E-state index contributed by atoms with van der Waals surface area (Å²) in [6, 6.07) is 5.60. The summed E-state index contributed by atoms with van der Waals surface area (Å²) in [5.74, 6) is 0.0162. The molecular formula is C16H25NO2S.